The van der Waals surface area contributed by atoms with E-state index in [-0.39, 0.29) is 11.7 Å². The van der Waals surface area contributed by atoms with Crippen LogP contribution >= 0.6 is 0 Å². The summed E-state index contributed by atoms with van der Waals surface area (Å²) in [6.07, 6.45) is 2.33. The van der Waals surface area contributed by atoms with E-state index in [1.165, 1.54) is 6.07 Å². The van der Waals surface area contributed by atoms with Crippen LogP contribution in [0.3, 0.4) is 0 Å². The van der Waals surface area contributed by atoms with Crippen molar-refractivity contribution in [2.24, 2.45) is 0 Å². The number of hydrogen-bond donors (Lipinski definition) is 3. The Morgan fingerprint density at radius 1 is 1.45 bits per heavy atom. The van der Waals surface area contributed by atoms with Crippen LogP contribution in [-0.2, 0) is 4.74 Å². The van der Waals surface area contributed by atoms with Gasteiger partial charge in [-0.2, -0.15) is 0 Å². The van der Waals surface area contributed by atoms with Gasteiger partial charge in [-0.05, 0) is 45.0 Å². The van der Waals surface area contributed by atoms with Crippen molar-refractivity contribution in [3.05, 3.63) is 29.3 Å². The number of phenols is 1. The molecule has 20 heavy (non-hydrogen) atoms. The van der Waals surface area contributed by atoms with Crippen LogP contribution in [0, 0.1) is 6.92 Å². The van der Waals surface area contributed by atoms with Gasteiger partial charge in [0, 0.05) is 6.54 Å². The van der Waals surface area contributed by atoms with Gasteiger partial charge in [-0.1, -0.05) is 11.6 Å². The topological polar surface area (TPSA) is 70.6 Å². The first-order valence-corrected chi connectivity index (χ1v) is 7.07. The number of carbonyl (C=O) groups is 1. The fraction of sp³-hybridized carbons (Fsp3) is 0.533. The Bertz CT molecular complexity index is 456. The Labute approximate surface area is 119 Å². The Hall–Kier alpha value is -1.59. The number of ether oxygens (including phenoxy) is 1. The maximum Gasteiger partial charge on any atom is 0.255 e. The third kappa shape index (κ3) is 4.21. The summed E-state index contributed by atoms with van der Waals surface area (Å²) in [4.78, 5) is 11.9. The van der Waals surface area contributed by atoms with E-state index >= 15 is 0 Å². The lowest BCUT2D eigenvalue weighted by molar-refractivity contribution is 0.0343. The average Bonchev–Trinajstić information content (AvgIpc) is 2.47. The van der Waals surface area contributed by atoms with E-state index in [0.717, 1.165) is 31.5 Å². The SMILES string of the molecule is Cc1ccc(O)c(C(=O)NCCOC2CCNCC2)c1. The molecule has 1 aromatic rings. The van der Waals surface area contributed by atoms with Crippen LogP contribution in [0.5, 0.6) is 5.75 Å². The molecule has 0 aliphatic carbocycles. The van der Waals surface area contributed by atoms with Crippen LogP contribution in [0.4, 0.5) is 0 Å². The molecular weight excluding hydrogens is 256 g/mol. The molecule has 5 nitrogen and oxygen atoms in total. The predicted octanol–water partition coefficient (Wildman–Crippen LogP) is 1.20. The summed E-state index contributed by atoms with van der Waals surface area (Å²) >= 11 is 0. The van der Waals surface area contributed by atoms with Crippen molar-refractivity contribution in [3.63, 3.8) is 0 Å². The lowest BCUT2D eigenvalue weighted by Gasteiger charge is -2.22. The lowest BCUT2D eigenvalue weighted by atomic mass is 10.1. The van der Waals surface area contributed by atoms with Crippen molar-refractivity contribution >= 4 is 5.91 Å². The highest BCUT2D eigenvalue weighted by atomic mass is 16.5. The van der Waals surface area contributed by atoms with Crippen molar-refractivity contribution in [1.29, 1.82) is 0 Å². The Balaban J connectivity index is 1.73. The minimum atomic E-state index is -0.264. The number of nitrogens with one attached hydrogen (secondary N) is 2. The molecular formula is C15H22N2O3. The molecule has 0 unspecified atom stereocenters. The summed E-state index contributed by atoms with van der Waals surface area (Å²) in [5, 5.41) is 15.7. The lowest BCUT2D eigenvalue weighted by Crippen LogP contribution is -2.34. The molecule has 0 aromatic heterocycles. The number of piperidine rings is 1. The van der Waals surface area contributed by atoms with Crippen molar-refractivity contribution in [2.45, 2.75) is 25.9 Å². The molecule has 5 heteroatoms. The number of amides is 1. The first-order chi connectivity index (χ1) is 9.66. The average molecular weight is 278 g/mol. The van der Waals surface area contributed by atoms with Gasteiger partial charge in [0.15, 0.2) is 0 Å². The number of carbonyl (C=O) groups excluding carboxylic acids is 1. The second-order valence-electron chi connectivity index (χ2n) is 5.10. The molecule has 0 saturated carbocycles. The molecule has 0 atom stereocenters. The van der Waals surface area contributed by atoms with Crippen LogP contribution in [0.15, 0.2) is 18.2 Å². The molecule has 0 spiro atoms. The Kier molecular flexibility index (Phi) is 5.38. The summed E-state index contributed by atoms with van der Waals surface area (Å²) in [7, 11) is 0. The molecule has 110 valence electrons. The molecule has 1 fully saturated rings. The largest absolute Gasteiger partial charge is 0.507 e. The number of aryl methyl sites for hydroxylation is 1. The summed E-state index contributed by atoms with van der Waals surface area (Å²) in [5.74, 6) is -0.257. The van der Waals surface area contributed by atoms with Crippen molar-refractivity contribution in [2.75, 3.05) is 26.2 Å². The van der Waals surface area contributed by atoms with Crippen molar-refractivity contribution in [3.8, 4) is 5.75 Å². The quantitative estimate of drug-likeness (QED) is 0.708. The van der Waals surface area contributed by atoms with E-state index in [4.69, 9.17) is 4.74 Å². The van der Waals surface area contributed by atoms with Crippen LogP contribution in [0.25, 0.3) is 0 Å². The molecule has 1 aliphatic rings. The van der Waals surface area contributed by atoms with Gasteiger partial charge < -0.3 is 20.5 Å². The fourth-order valence-electron chi connectivity index (χ4n) is 2.28. The Morgan fingerprint density at radius 3 is 2.95 bits per heavy atom. The van der Waals surface area contributed by atoms with E-state index in [1.54, 1.807) is 12.1 Å². The normalized spacial score (nSPS) is 16.1. The van der Waals surface area contributed by atoms with Gasteiger partial charge in [0.2, 0.25) is 0 Å². The van der Waals surface area contributed by atoms with Crippen LogP contribution < -0.4 is 10.6 Å². The Morgan fingerprint density at radius 2 is 2.20 bits per heavy atom. The molecule has 1 aromatic carbocycles. The fourth-order valence-corrected chi connectivity index (χ4v) is 2.28. The molecule has 3 N–H and O–H groups in total. The maximum atomic E-state index is 11.9. The number of phenolic OH excluding ortho intramolecular Hbond substituents is 1. The zero-order valence-electron chi connectivity index (χ0n) is 11.8. The van der Waals surface area contributed by atoms with Crippen LogP contribution in [0.1, 0.15) is 28.8 Å². The van der Waals surface area contributed by atoms with Gasteiger partial charge in [-0.25, -0.2) is 0 Å². The molecule has 1 heterocycles. The molecule has 1 amide bonds. The maximum absolute atomic E-state index is 11.9. The molecule has 0 bridgehead atoms. The zero-order valence-corrected chi connectivity index (χ0v) is 11.8. The van der Waals surface area contributed by atoms with Gasteiger partial charge in [0.25, 0.3) is 5.91 Å². The monoisotopic (exact) mass is 278 g/mol. The highest BCUT2D eigenvalue weighted by Gasteiger charge is 2.14. The van der Waals surface area contributed by atoms with Crippen LogP contribution in [-0.4, -0.2) is 43.4 Å². The smallest absolute Gasteiger partial charge is 0.255 e. The zero-order chi connectivity index (χ0) is 14.4. The van der Waals surface area contributed by atoms with Gasteiger partial charge in [-0.15, -0.1) is 0 Å². The third-order valence-corrected chi connectivity index (χ3v) is 3.42. The number of aromatic hydroxyl groups is 1. The van der Waals surface area contributed by atoms with E-state index in [0.29, 0.717) is 24.8 Å². The number of benzene rings is 1. The van der Waals surface area contributed by atoms with Gasteiger partial charge >= 0.3 is 0 Å². The van der Waals surface area contributed by atoms with E-state index in [2.05, 4.69) is 10.6 Å². The minimum Gasteiger partial charge on any atom is -0.507 e. The summed E-state index contributed by atoms with van der Waals surface area (Å²) < 4.78 is 5.71. The highest BCUT2D eigenvalue weighted by Crippen LogP contribution is 2.17. The number of hydrogen-bond acceptors (Lipinski definition) is 4. The molecule has 2 rings (SSSR count). The van der Waals surface area contributed by atoms with Crippen LogP contribution in [0.2, 0.25) is 0 Å². The van der Waals surface area contributed by atoms with E-state index in [9.17, 15) is 9.90 Å². The van der Waals surface area contributed by atoms with E-state index in [1.807, 2.05) is 6.92 Å². The number of rotatable bonds is 5. The summed E-state index contributed by atoms with van der Waals surface area (Å²) in [5.41, 5.74) is 1.26. The molecule has 0 radical (unpaired) electrons. The highest BCUT2D eigenvalue weighted by molar-refractivity contribution is 5.96. The molecule has 1 aliphatic heterocycles. The van der Waals surface area contributed by atoms with Crippen molar-refractivity contribution < 1.29 is 14.6 Å². The van der Waals surface area contributed by atoms with Crippen molar-refractivity contribution in [1.82, 2.24) is 10.6 Å². The van der Waals surface area contributed by atoms with Gasteiger partial charge in [-0.3, -0.25) is 4.79 Å². The second-order valence-corrected chi connectivity index (χ2v) is 5.10. The predicted molar refractivity (Wildman–Crippen MR) is 77.0 cm³/mol. The van der Waals surface area contributed by atoms with E-state index < -0.39 is 0 Å². The second kappa shape index (κ2) is 7.26. The van der Waals surface area contributed by atoms with Gasteiger partial charge in [0.05, 0.1) is 18.3 Å². The summed E-state index contributed by atoms with van der Waals surface area (Å²) in [6.45, 7) is 4.83. The minimum absolute atomic E-state index is 0.00683. The molecule has 1 saturated heterocycles. The first-order valence-electron chi connectivity index (χ1n) is 7.07. The summed E-state index contributed by atoms with van der Waals surface area (Å²) in [6, 6.07) is 4.99. The first kappa shape index (κ1) is 14.8. The standard InChI is InChI=1S/C15H22N2O3/c1-11-2-3-14(18)13(10-11)15(19)17-8-9-20-12-4-6-16-7-5-12/h2-3,10,12,16,18H,4-9H2,1H3,(H,17,19). The third-order valence-electron chi connectivity index (χ3n) is 3.42. The van der Waals surface area contributed by atoms with Gasteiger partial charge in [0.1, 0.15) is 5.75 Å².